The van der Waals surface area contributed by atoms with Gasteiger partial charge in [-0.05, 0) is 83.9 Å². The molecule has 1 aliphatic carbocycles. The molecule has 172 valence electrons. The maximum Gasteiger partial charge on any atom is 0.335 e. The summed E-state index contributed by atoms with van der Waals surface area (Å²) in [6.45, 7) is 10.8. The van der Waals surface area contributed by atoms with Crippen molar-refractivity contribution in [3.63, 3.8) is 0 Å². The molecule has 1 aliphatic heterocycles. The van der Waals surface area contributed by atoms with Crippen LogP contribution in [0, 0.1) is 0 Å². The van der Waals surface area contributed by atoms with Gasteiger partial charge >= 0.3 is 5.97 Å². The number of carbonyl (C=O) groups is 1. The Labute approximate surface area is 191 Å². The van der Waals surface area contributed by atoms with Crippen LogP contribution in [0.15, 0.2) is 42.5 Å². The summed E-state index contributed by atoms with van der Waals surface area (Å²) in [5, 5.41) is 9.12. The fourth-order valence-corrected chi connectivity index (χ4v) is 5.20. The predicted molar refractivity (Wildman–Crippen MR) is 127 cm³/mol. The maximum absolute atomic E-state index is 11.1. The van der Waals surface area contributed by atoms with Crippen molar-refractivity contribution in [1.82, 2.24) is 0 Å². The molecule has 0 amide bonds. The van der Waals surface area contributed by atoms with Gasteiger partial charge in [0.1, 0.15) is 5.75 Å². The average molecular weight is 437 g/mol. The Kier molecular flexibility index (Phi) is 6.35. The van der Waals surface area contributed by atoms with Crippen molar-refractivity contribution in [3.8, 4) is 5.75 Å². The lowest BCUT2D eigenvalue weighted by Gasteiger charge is -2.42. The predicted octanol–water partition coefficient (Wildman–Crippen LogP) is 6.47. The number of hydrogen-bond donors (Lipinski definition) is 1. The number of rotatable bonds is 7. The summed E-state index contributed by atoms with van der Waals surface area (Å²) in [7, 11) is 0. The highest BCUT2D eigenvalue weighted by Gasteiger charge is 2.37. The molecule has 2 aromatic rings. The highest BCUT2D eigenvalue weighted by Crippen LogP contribution is 2.46. The first-order valence-corrected chi connectivity index (χ1v) is 11.9. The zero-order valence-electron chi connectivity index (χ0n) is 19.8. The minimum Gasteiger partial charge on any atom is -0.493 e. The minimum absolute atomic E-state index is 0.169. The van der Waals surface area contributed by atoms with Crippen LogP contribution >= 0.6 is 0 Å². The van der Waals surface area contributed by atoms with E-state index in [2.05, 4.69) is 45.9 Å². The first-order valence-electron chi connectivity index (χ1n) is 11.9. The summed E-state index contributed by atoms with van der Waals surface area (Å²) < 4.78 is 12.1. The van der Waals surface area contributed by atoms with Crippen molar-refractivity contribution in [2.24, 2.45) is 0 Å². The summed E-state index contributed by atoms with van der Waals surface area (Å²) in [5.41, 5.74) is 4.89. The van der Waals surface area contributed by atoms with E-state index in [9.17, 15) is 4.79 Å². The van der Waals surface area contributed by atoms with E-state index in [-0.39, 0.29) is 28.4 Å². The number of hydrogen-bond acceptors (Lipinski definition) is 3. The average Bonchev–Trinajstić information content (AvgIpc) is 3.28. The van der Waals surface area contributed by atoms with Gasteiger partial charge < -0.3 is 14.6 Å². The first kappa shape index (κ1) is 22.8. The lowest BCUT2D eigenvalue weighted by atomic mass is 9.62. The number of fused-ring (bicyclic) bond motifs is 1. The number of carboxylic acid groups (broad SMARTS) is 1. The first-order chi connectivity index (χ1) is 15.2. The number of carboxylic acids is 1. The molecule has 1 fully saturated rings. The smallest absolute Gasteiger partial charge is 0.335 e. The van der Waals surface area contributed by atoms with Gasteiger partial charge in [-0.1, -0.05) is 45.9 Å². The Morgan fingerprint density at radius 3 is 2.38 bits per heavy atom. The van der Waals surface area contributed by atoms with Crippen LogP contribution in [0.1, 0.15) is 92.8 Å². The molecule has 32 heavy (non-hydrogen) atoms. The van der Waals surface area contributed by atoms with Crippen LogP contribution in [0.2, 0.25) is 0 Å². The molecule has 4 heteroatoms. The molecule has 2 unspecified atom stereocenters. The van der Waals surface area contributed by atoms with Gasteiger partial charge in [0.05, 0.1) is 18.3 Å². The summed E-state index contributed by atoms with van der Waals surface area (Å²) in [4.78, 5) is 11.1. The van der Waals surface area contributed by atoms with E-state index in [4.69, 9.17) is 14.6 Å². The monoisotopic (exact) mass is 436 g/mol. The van der Waals surface area contributed by atoms with Crippen LogP contribution in [-0.4, -0.2) is 30.4 Å². The molecule has 2 aromatic carbocycles. The third kappa shape index (κ3) is 4.85. The van der Waals surface area contributed by atoms with Gasteiger partial charge in [0.15, 0.2) is 0 Å². The molecule has 1 saturated heterocycles. The molecule has 4 nitrogen and oxygen atoms in total. The summed E-state index contributed by atoms with van der Waals surface area (Å²) >= 11 is 0. The molecule has 0 radical (unpaired) electrons. The quantitative estimate of drug-likeness (QED) is 0.541. The second kappa shape index (κ2) is 8.90. The minimum atomic E-state index is -0.924. The van der Waals surface area contributed by atoms with Gasteiger partial charge in [0, 0.05) is 12.5 Å². The highest BCUT2D eigenvalue weighted by molar-refractivity contribution is 5.87. The zero-order chi connectivity index (χ0) is 22.9. The second-order valence-corrected chi connectivity index (χ2v) is 10.8. The fraction of sp³-hybridized carbons (Fsp3) is 0.536. The normalized spacial score (nSPS) is 22.2. The van der Waals surface area contributed by atoms with Gasteiger partial charge in [0.25, 0.3) is 0 Å². The number of ether oxygens (including phenoxy) is 2. The standard InChI is InChI=1S/C28H36O4/c1-27(2)13-14-28(3,4)25-17-20(9-12-24(25)27)21(16-23-6-5-15-31-23)18-32-22-10-7-19(8-11-22)26(29)30/h7-12,17,21,23H,5-6,13-16,18H2,1-4H3,(H,29,30). The number of aromatic carboxylic acids is 1. The van der Waals surface area contributed by atoms with Crippen molar-refractivity contribution in [2.45, 2.75) is 82.7 Å². The molecule has 0 aromatic heterocycles. The van der Waals surface area contributed by atoms with E-state index in [0.29, 0.717) is 12.4 Å². The summed E-state index contributed by atoms with van der Waals surface area (Å²) in [5.74, 6) is 0.00237. The maximum atomic E-state index is 11.1. The van der Waals surface area contributed by atoms with Crippen LogP contribution in [0.3, 0.4) is 0 Å². The molecule has 1 N–H and O–H groups in total. The Morgan fingerprint density at radius 1 is 1.06 bits per heavy atom. The fourth-order valence-electron chi connectivity index (χ4n) is 5.20. The molecule has 0 spiro atoms. The van der Waals surface area contributed by atoms with Crippen molar-refractivity contribution in [3.05, 3.63) is 64.7 Å². The van der Waals surface area contributed by atoms with Crippen LogP contribution in [0.25, 0.3) is 0 Å². The lowest BCUT2D eigenvalue weighted by Crippen LogP contribution is -2.34. The van der Waals surface area contributed by atoms with Gasteiger partial charge in [-0.3, -0.25) is 0 Å². The zero-order valence-corrected chi connectivity index (χ0v) is 19.8. The molecular weight excluding hydrogens is 400 g/mol. The van der Waals surface area contributed by atoms with E-state index in [1.807, 2.05) is 0 Å². The van der Waals surface area contributed by atoms with Crippen LogP contribution in [0.4, 0.5) is 0 Å². The largest absolute Gasteiger partial charge is 0.493 e. The molecule has 0 bridgehead atoms. The Hall–Kier alpha value is -2.33. The van der Waals surface area contributed by atoms with Crippen LogP contribution in [-0.2, 0) is 15.6 Å². The molecular formula is C28H36O4. The van der Waals surface area contributed by atoms with E-state index < -0.39 is 5.97 Å². The SMILES string of the molecule is CC1(C)CCC(C)(C)c2cc(C(COc3ccc(C(=O)O)cc3)CC3CCCO3)ccc21. The van der Waals surface area contributed by atoms with Gasteiger partial charge in [-0.2, -0.15) is 0 Å². The lowest BCUT2D eigenvalue weighted by molar-refractivity contribution is 0.0696. The van der Waals surface area contributed by atoms with Crippen molar-refractivity contribution >= 4 is 5.97 Å². The van der Waals surface area contributed by atoms with Gasteiger partial charge in [-0.25, -0.2) is 4.79 Å². The van der Waals surface area contributed by atoms with E-state index in [0.717, 1.165) is 25.9 Å². The molecule has 1 heterocycles. The van der Waals surface area contributed by atoms with E-state index in [1.165, 1.54) is 29.5 Å². The Balaban J connectivity index is 1.59. The van der Waals surface area contributed by atoms with Crippen molar-refractivity contribution in [1.29, 1.82) is 0 Å². The summed E-state index contributed by atoms with van der Waals surface area (Å²) in [6, 6.07) is 13.7. The summed E-state index contributed by atoms with van der Waals surface area (Å²) in [6.07, 6.45) is 5.85. The van der Waals surface area contributed by atoms with Gasteiger partial charge in [0.2, 0.25) is 0 Å². The topological polar surface area (TPSA) is 55.8 Å². The molecule has 2 aliphatic rings. The van der Waals surface area contributed by atoms with Crippen LogP contribution < -0.4 is 4.74 Å². The van der Waals surface area contributed by atoms with Crippen LogP contribution in [0.5, 0.6) is 5.75 Å². The number of benzene rings is 2. The Morgan fingerprint density at radius 2 is 1.75 bits per heavy atom. The van der Waals surface area contributed by atoms with Crippen molar-refractivity contribution in [2.75, 3.05) is 13.2 Å². The molecule has 2 atom stereocenters. The molecule has 4 rings (SSSR count). The Bertz CT molecular complexity index is 952. The second-order valence-electron chi connectivity index (χ2n) is 10.8. The third-order valence-corrected chi connectivity index (χ3v) is 7.47. The van der Waals surface area contributed by atoms with E-state index >= 15 is 0 Å². The van der Waals surface area contributed by atoms with E-state index in [1.54, 1.807) is 24.3 Å². The van der Waals surface area contributed by atoms with Gasteiger partial charge in [-0.15, -0.1) is 0 Å². The van der Waals surface area contributed by atoms with Crippen molar-refractivity contribution < 1.29 is 19.4 Å². The highest BCUT2D eigenvalue weighted by atomic mass is 16.5. The molecule has 0 saturated carbocycles. The third-order valence-electron chi connectivity index (χ3n) is 7.47.